The van der Waals surface area contributed by atoms with Crippen LogP contribution in [0.25, 0.3) is 33.6 Å². The molecule has 1 aliphatic heterocycles. The van der Waals surface area contributed by atoms with Gasteiger partial charge >= 0.3 is 0 Å². The molecule has 0 radical (unpaired) electrons. The molecule has 1 aliphatic rings. The number of aromatic nitrogens is 5. The summed E-state index contributed by atoms with van der Waals surface area (Å²) in [6.07, 6.45) is 7.56. The van der Waals surface area contributed by atoms with Gasteiger partial charge in [-0.25, -0.2) is 0 Å². The molecule has 5 heterocycles. The van der Waals surface area contributed by atoms with Gasteiger partial charge in [0.25, 0.3) is 5.89 Å². The van der Waals surface area contributed by atoms with E-state index in [4.69, 9.17) is 4.52 Å². The van der Waals surface area contributed by atoms with E-state index in [2.05, 4.69) is 60.2 Å². The molecule has 0 saturated carbocycles. The molecule has 1 saturated heterocycles. The topological polar surface area (TPSA) is 76.1 Å². The Hall–Kier alpha value is -4.04. The maximum atomic E-state index is 5.48. The molecule has 8 heteroatoms. The summed E-state index contributed by atoms with van der Waals surface area (Å²) in [7, 11) is 1.97. The summed E-state index contributed by atoms with van der Waals surface area (Å²) in [5, 5.41) is 5.37. The predicted molar refractivity (Wildman–Crippen MR) is 131 cm³/mol. The zero-order valence-electron chi connectivity index (χ0n) is 19.0. The van der Waals surface area contributed by atoms with Crippen LogP contribution in [0.1, 0.15) is 5.82 Å². The normalized spacial score (nSPS) is 14.7. The van der Waals surface area contributed by atoms with Gasteiger partial charge in [-0.05, 0) is 35.9 Å². The van der Waals surface area contributed by atoms with Gasteiger partial charge < -0.3 is 14.0 Å². The number of anilines is 1. The zero-order valence-corrected chi connectivity index (χ0v) is 19.0. The van der Waals surface area contributed by atoms with E-state index in [1.54, 1.807) is 6.20 Å². The average molecular weight is 452 g/mol. The molecule has 6 rings (SSSR count). The molecule has 34 heavy (non-hydrogen) atoms. The largest absolute Gasteiger partial charge is 0.368 e. The first kappa shape index (κ1) is 20.6. The van der Waals surface area contributed by atoms with Crippen LogP contribution in [0.4, 0.5) is 5.69 Å². The number of piperazine rings is 1. The van der Waals surface area contributed by atoms with Crippen LogP contribution >= 0.6 is 0 Å². The van der Waals surface area contributed by atoms with E-state index in [1.165, 1.54) is 11.1 Å². The third kappa shape index (κ3) is 3.92. The predicted octanol–water partition coefficient (Wildman–Crippen LogP) is 4.01. The summed E-state index contributed by atoms with van der Waals surface area (Å²) in [6.45, 7) is 4.43. The lowest BCUT2D eigenvalue weighted by molar-refractivity contribution is 0.240. The zero-order chi connectivity index (χ0) is 22.9. The van der Waals surface area contributed by atoms with Crippen LogP contribution in [0.15, 0.2) is 77.8 Å². The van der Waals surface area contributed by atoms with E-state index in [0.717, 1.165) is 54.3 Å². The molecule has 0 aliphatic carbocycles. The number of fused-ring (bicyclic) bond motifs is 1. The number of pyridine rings is 2. The second kappa shape index (κ2) is 8.72. The first-order valence-electron chi connectivity index (χ1n) is 11.5. The van der Waals surface area contributed by atoms with Crippen molar-refractivity contribution in [3.8, 4) is 22.7 Å². The number of nitrogens with zero attached hydrogens (tertiary/aromatic N) is 7. The average Bonchev–Trinajstić information content (AvgIpc) is 3.53. The van der Waals surface area contributed by atoms with Crippen molar-refractivity contribution in [1.29, 1.82) is 0 Å². The van der Waals surface area contributed by atoms with Crippen LogP contribution in [0.2, 0.25) is 0 Å². The molecule has 170 valence electrons. The highest BCUT2D eigenvalue weighted by Gasteiger charge is 2.21. The van der Waals surface area contributed by atoms with Crippen molar-refractivity contribution in [1.82, 2.24) is 29.6 Å². The highest BCUT2D eigenvalue weighted by molar-refractivity contribution is 5.94. The first-order valence-corrected chi connectivity index (χ1v) is 11.5. The molecule has 5 aromatic rings. The second-order valence-corrected chi connectivity index (χ2v) is 8.59. The van der Waals surface area contributed by atoms with Crippen molar-refractivity contribution in [3.05, 3.63) is 79.1 Å². The van der Waals surface area contributed by atoms with Crippen LogP contribution in [0.3, 0.4) is 0 Å². The van der Waals surface area contributed by atoms with Crippen molar-refractivity contribution in [2.75, 3.05) is 31.1 Å². The minimum absolute atomic E-state index is 0.565. The van der Waals surface area contributed by atoms with Gasteiger partial charge in [0.1, 0.15) is 5.69 Å². The molecule has 0 spiro atoms. The maximum absolute atomic E-state index is 5.48. The number of hydrogen-bond donors (Lipinski definition) is 0. The van der Waals surface area contributed by atoms with Crippen LogP contribution < -0.4 is 4.90 Å². The van der Waals surface area contributed by atoms with Gasteiger partial charge in [0.2, 0.25) is 0 Å². The van der Waals surface area contributed by atoms with E-state index < -0.39 is 0 Å². The lowest BCUT2D eigenvalue weighted by Gasteiger charge is -2.36. The minimum Gasteiger partial charge on any atom is -0.368 e. The van der Waals surface area contributed by atoms with Gasteiger partial charge in [-0.3, -0.25) is 14.9 Å². The van der Waals surface area contributed by atoms with Crippen LogP contribution in [-0.4, -0.2) is 55.8 Å². The molecule has 4 aromatic heterocycles. The minimum atomic E-state index is 0.565. The van der Waals surface area contributed by atoms with Gasteiger partial charge in [0.05, 0.1) is 12.1 Å². The van der Waals surface area contributed by atoms with Crippen molar-refractivity contribution < 1.29 is 4.52 Å². The van der Waals surface area contributed by atoms with Crippen molar-refractivity contribution in [2.24, 2.45) is 7.05 Å². The Morgan fingerprint density at radius 2 is 1.85 bits per heavy atom. The monoisotopic (exact) mass is 451 g/mol. The van der Waals surface area contributed by atoms with Gasteiger partial charge in [0.15, 0.2) is 5.82 Å². The summed E-state index contributed by atoms with van der Waals surface area (Å²) in [5.41, 5.74) is 5.39. The van der Waals surface area contributed by atoms with E-state index in [1.807, 2.05) is 48.4 Å². The number of benzene rings is 1. The van der Waals surface area contributed by atoms with Gasteiger partial charge in [-0.15, -0.1) is 0 Å². The number of rotatable bonds is 5. The molecule has 1 aromatic carbocycles. The van der Waals surface area contributed by atoms with E-state index in [0.29, 0.717) is 12.4 Å². The molecule has 0 atom stereocenters. The van der Waals surface area contributed by atoms with Gasteiger partial charge in [-0.1, -0.05) is 23.4 Å². The summed E-state index contributed by atoms with van der Waals surface area (Å²) < 4.78 is 7.46. The van der Waals surface area contributed by atoms with Crippen LogP contribution in [-0.2, 0) is 13.6 Å². The highest BCUT2D eigenvalue weighted by atomic mass is 16.5. The summed E-state index contributed by atoms with van der Waals surface area (Å²) in [6, 6.07) is 16.6. The summed E-state index contributed by atoms with van der Waals surface area (Å²) in [4.78, 5) is 18.3. The second-order valence-electron chi connectivity index (χ2n) is 8.59. The Balaban J connectivity index is 1.15. The molecular formula is C26H25N7O. The Morgan fingerprint density at radius 1 is 0.941 bits per heavy atom. The third-order valence-electron chi connectivity index (χ3n) is 6.42. The van der Waals surface area contributed by atoms with Crippen LogP contribution in [0, 0.1) is 0 Å². The standard InChI is InChI=1S/C26H25N7O/c1-31-11-3-5-24(31)26-29-25(30-34-26)18-32-12-14-33(15-13-32)23-8-10-28-22-16-19(6-7-21(22)23)20-4-2-9-27-17-20/h2-11,16-17H,12-15,18H2,1H3. The summed E-state index contributed by atoms with van der Waals surface area (Å²) >= 11 is 0. The van der Waals surface area contributed by atoms with Crippen LogP contribution in [0.5, 0.6) is 0 Å². The SMILES string of the molecule is Cn1cccc1-c1nc(CN2CCN(c3ccnc4cc(-c5cccnc5)ccc34)CC2)no1. The van der Waals surface area contributed by atoms with Gasteiger partial charge in [-0.2, -0.15) is 4.98 Å². The molecule has 8 nitrogen and oxygen atoms in total. The van der Waals surface area contributed by atoms with Crippen molar-refractivity contribution in [2.45, 2.75) is 6.54 Å². The molecule has 1 fully saturated rings. The van der Waals surface area contributed by atoms with E-state index in [-0.39, 0.29) is 0 Å². The molecular weight excluding hydrogens is 426 g/mol. The first-order chi connectivity index (χ1) is 16.7. The fourth-order valence-electron chi connectivity index (χ4n) is 4.57. The van der Waals surface area contributed by atoms with E-state index in [9.17, 15) is 0 Å². The van der Waals surface area contributed by atoms with Crippen molar-refractivity contribution in [3.63, 3.8) is 0 Å². The Bertz CT molecular complexity index is 1420. The Labute approximate surface area is 197 Å². The highest BCUT2D eigenvalue weighted by Crippen LogP contribution is 2.30. The lowest BCUT2D eigenvalue weighted by atomic mass is 10.0. The molecule has 0 bridgehead atoms. The fourth-order valence-corrected chi connectivity index (χ4v) is 4.57. The Morgan fingerprint density at radius 3 is 2.65 bits per heavy atom. The number of hydrogen-bond acceptors (Lipinski definition) is 7. The Kier molecular flexibility index (Phi) is 5.27. The molecule has 0 amide bonds. The number of aryl methyl sites for hydroxylation is 1. The molecule has 0 N–H and O–H groups in total. The smallest absolute Gasteiger partial charge is 0.274 e. The fraction of sp³-hybridized carbons (Fsp3) is 0.231. The molecule has 0 unspecified atom stereocenters. The summed E-state index contributed by atoms with van der Waals surface area (Å²) in [5.74, 6) is 1.29. The van der Waals surface area contributed by atoms with Gasteiger partial charge in [0, 0.05) is 74.7 Å². The van der Waals surface area contributed by atoms with E-state index >= 15 is 0 Å². The van der Waals surface area contributed by atoms with Crippen molar-refractivity contribution >= 4 is 16.6 Å². The quantitative estimate of drug-likeness (QED) is 0.400. The maximum Gasteiger partial charge on any atom is 0.274 e. The lowest BCUT2D eigenvalue weighted by Crippen LogP contribution is -2.46. The third-order valence-corrected chi connectivity index (χ3v) is 6.42.